The summed E-state index contributed by atoms with van der Waals surface area (Å²) in [6, 6.07) is -0.960. The van der Waals surface area contributed by atoms with Crippen LogP contribution in [0.5, 0.6) is 0 Å². The second kappa shape index (κ2) is 23.4. The molecule has 0 saturated heterocycles. The maximum absolute atomic E-state index is 10.1. The molecule has 6 N–H and O–H groups in total. The predicted molar refractivity (Wildman–Crippen MR) is 83.2 cm³/mol. The molecule has 0 spiro atoms. The molecule has 0 aromatic heterocycles. The van der Waals surface area contributed by atoms with Crippen molar-refractivity contribution >= 4 is 47.9 Å². The van der Waals surface area contributed by atoms with Gasteiger partial charge < -0.3 is 75.7 Å². The molecule has 0 bridgehead atoms. The number of carboxylic acids is 6. The van der Waals surface area contributed by atoms with Crippen LogP contribution in [0.15, 0.2) is 0 Å². The van der Waals surface area contributed by atoms with Gasteiger partial charge in [0.15, 0.2) is 5.78 Å². The first-order valence-corrected chi connectivity index (χ1v) is 8.42. The van der Waals surface area contributed by atoms with E-state index in [0.717, 1.165) is 0 Å². The maximum atomic E-state index is 10.1. The Bertz CT molecular complexity index is 647. The molecule has 0 heterocycles. The molecule has 0 aliphatic rings. The van der Waals surface area contributed by atoms with E-state index in [1.807, 2.05) is 0 Å². The molecule has 0 aromatic carbocycles. The first-order chi connectivity index (χ1) is 14.6. The molecular weight excluding hydrogens is 444 g/mol. The number of ketones is 1. The van der Waals surface area contributed by atoms with Gasteiger partial charge in [-0.2, -0.15) is 0 Å². The minimum Gasteiger partial charge on any atom is -0.550 e. The van der Waals surface area contributed by atoms with Gasteiger partial charge in [0.25, 0.3) is 0 Å². The van der Waals surface area contributed by atoms with Crippen LogP contribution in [0.1, 0.15) is 38.5 Å². The lowest BCUT2D eigenvalue weighted by molar-refractivity contribution is -0.438. The van der Waals surface area contributed by atoms with Crippen LogP contribution >= 0.6 is 0 Å². The summed E-state index contributed by atoms with van der Waals surface area (Å²) in [5.74, 6) is -9.48. The summed E-state index contributed by atoms with van der Waals surface area (Å²) < 4.78 is 0. The van der Waals surface area contributed by atoms with E-state index in [2.05, 4.69) is 11.5 Å². The molecule has 0 aliphatic carbocycles. The lowest BCUT2D eigenvalue weighted by Gasteiger charge is -2.08. The van der Waals surface area contributed by atoms with Crippen molar-refractivity contribution in [2.24, 2.45) is 0 Å². The molecule has 16 heteroatoms. The van der Waals surface area contributed by atoms with Crippen molar-refractivity contribution in [1.82, 2.24) is 0 Å². The smallest absolute Gasteiger partial charge is 0.178 e. The third kappa shape index (κ3) is 40.7. The van der Waals surface area contributed by atoms with Crippen molar-refractivity contribution in [3.05, 3.63) is 0 Å². The quantitative estimate of drug-likeness (QED) is 0.153. The Hall–Kier alpha value is -3.92. The average Bonchev–Trinajstić information content (AvgIpc) is 2.65. The van der Waals surface area contributed by atoms with Crippen LogP contribution in [0.2, 0.25) is 0 Å². The van der Waals surface area contributed by atoms with Gasteiger partial charge in [-0.05, 0) is 12.8 Å². The average molecular weight is 466 g/mol. The third-order valence-corrected chi connectivity index (χ3v) is 2.45. The molecule has 0 saturated carbocycles. The van der Waals surface area contributed by atoms with Crippen molar-refractivity contribution in [1.29, 1.82) is 0 Å². The zero-order valence-electron chi connectivity index (χ0n) is 16.7. The number of Topliss-reactive ketones (excluding diaryl/α,β-unsaturated/α-hetero) is 1. The van der Waals surface area contributed by atoms with Crippen LogP contribution in [-0.2, 0) is 38.4 Å². The highest BCUT2D eigenvalue weighted by molar-refractivity contribution is 6.31. The second-order valence-corrected chi connectivity index (χ2v) is 5.23. The Labute approximate surface area is 180 Å². The summed E-state index contributed by atoms with van der Waals surface area (Å²) >= 11 is 0. The summed E-state index contributed by atoms with van der Waals surface area (Å²) in [5, 5.41) is 57.7. The van der Waals surface area contributed by atoms with E-state index in [0.29, 0.717) is 6.54 Å². The van der Waals surface area contributed by atoms with Crippen LogP contribution in [0.25, 0.3) is 0 Å². The minimum atomic E-state index is -1.86. The molecule has 0 fully saturated rings. The first kappa shape index (κ1) is 35.5. The first-order valence-electron chi connectivity index (χ1n) is 8.42. The van der Waals surface area contributed by atoms with Gasteiger partial charge in [0, 0.05) is 49.6 Å². The van der Waals surface area contributed by atoms with Gasteiger partial charge in [-0.3, -0.25) is 4.79 Å². The van der Waals surface area contributed by atoms with Crippen molar-refractivity contribution < 1.29 is 80.5 Å². The molecule has 0 radical (unpaired) electrons. The largest absolute Gasteiger partial charge is 0.550 e. The Morgan fingerprint density at radius 1 is 0.688 bits per heavy atom. The number of quaternary nitrogens is 2. The van der Waals surface area contributed by atoms with Crippen molar-refractivity contribution in [3.63, 3.8) is 0 Å². The maximum Gasteiger partial charge on any atom is 0.178 e. The van der Waals surface area contributed by atoms with Gasteiger partial charge in [0.05, 0.1) is 12.5 Å². The Morgan fingerprint density at radius 3 is 1.31 bits per heavy atom. The topological polar surface area (TPSA) is 330 Å². The van der Waals surface area contributed by atoms with E-state index in [-0.39, 0.29) is 25.5 Å². The number of hydrogen-bond donors (Lipinski definition) is 2. The highest BCUT2D eigenvalue weighted by Crippen LogP contribution is 1.89. The lowest BCUT2D eigenvalue weighted by Crippen LogP contribution is -2.68. The Morgan fingerprint density at radius 2 is 1.12 bits per heavy atom. The zero-order chi connectivity index (χ0) is 26.3. The van der Waals surface area contributed by atoms with Crippen LogP contribution in [0.4, 0.5) is 0 Å². The van der Waals surface area contributed by atoms with Gasteiger partial charge in [0.2, 0.25) is 0 Å². The number of aldehydes is 1. The number of rotatable bonds is 12. The number of carbonyl (C=O) groups excluding carboxylic acids is 8. The Kier molecular flexibility index (Phi) is 25.9. The van der Waals surface area contributed by atoms with Gasteiger partial charge in [-0.25, -0.2) is 0 Å². The van der Waals surface area contributed by atoms with Gasteiger partial charge in [-0.1, -0.05) is 0 Å². The molecule has 184 valence electrons. The normalized spacial score (nSPS) is 9.56. The highest BCUT2D eigenvalue weighted by atomic mass is 16.4. The molecule has 16 nitrogen and oxygen atoms in total. The summed E-state index contributed by atoms with van der Waals surface area (Å²) in [6.45, 7) is 0.419. The van der Waals surface area contributed by atoms with Crippen molar-refractivity contribution in [3.8, 4) is 0 Å². The summed E-state index contributed by atoms with van der Waals surface area (Å²) in [4.78, 5) is 77.0. The fourth-order valence-corrected chi connectivity index (χ4v) is 0.940. The standard InChI is InChI=1S/C5H9NO4.C5H6O5.C3H7NO2.C3H4O3/c2*6-3(5(9)10)1-2-4(7)8;2*4-2-1-3(5)6/h3H,1-2,6H2,(H,7,8)(H,9,10);1-2H2,(H,7,8)(H,9,10);1-2,4H2,(H,5,6);2H,1H2,(H,5,6)/p-4/t3-;;;/m0.../s1. The van der Waals surface area contributed by atoms with E-state index in [1.165, 1.54) is 0 Å². The van der Waals surface area contributed by atoms with Crippen LogP contribution < -0.4 is 42.1 Å². The second-order valence-electron chi connectivity index (χ2n) is 5.23. The summed E-state index contributed by atoms with van der Waals surface area (Å²) in [6.07, 6.45) is -1.61. The van der Waals surface area contributed by atoms with Crippen LogP contribution in [0.3, 0.4) is 0 Å². The fraction of sp³-hybridized carbons (Fsp3) is 0.500. The molecule has 0 unspecified atom stereocenters. The number of aliphatic carboxylic acids is 6. The highest BCUT2D eigenvalue weighted by Gasteiger charge is 2.05. The SMILES string of the molecule is O=C([O-])CCC(=O)C(=O)[O-].O=CCC(=O)[O-].[NH3+]CCC(=O)[O-].[NH3+][C@@H](CCC(=O)[O-])C(=O)[O-]. The van der Waals surface area contributed by atoms with Gasteiger partial charge in [-0.15, -0.1) is 0 Å². The van der Waals surface area contributed by atoms with Crippen molar-refractivity contribution in [2.45, 2.75) is 44.6 Å². The van der Waals surface area contributed by atoms with Crippen LogP contribution in [0, 0.1) is 0 Å². The summed E-state index contributed by atoms with van der Waals surface area (Å²) in [5.41, 5.74) is 6.46. The van der Waals surface area contributed by atoms with E-state index in [4.69, 9.17) is 0 Å². The molecule has 0 aromatic rings. The number of hydrogen-bond acceptors (Lipinski definition) is 14. The number of carboxylic acid groups (broad SMARTS) is 6. The molecule has 0 amide bonds. The lowest BCUT2D eigenvalue weighted by atomic mass is 10.2. The van der Waals surface area contributed by atoms with Crippen molar-refractivity contribution in [2.75, 3.05) is 6.54 Å². The van der Waals surface area contributed by atoms with Gasteiger partial charge >= 0.3 is 0 Å². The molecule has 0 rings (SSSR count). The monoisotopic (exact) mass is 466 g/mol. The van der Waals surface area contributed by atoms with Gasteiger partial charge in [0.1, 0.15) is 18.3 Å². The van der Waals surface area contributed by atoms with E-state index in [9.17, 15) is 69.0 Å². The Balaban J connectivity index is -0.000000168. The van der Waals surface area contributed by atoms with E-state index >= 15 is 0 Å². The fourth-order valence-electron chi connectivity index (χ4n) is 0.940. The molecule has 1 atom stereocenters. The third-order valence-electron chi connectivity index (χ3n) is 2.45. The van der Waals surface area contributed by atoms with E-state index < -0.39 is 66.9 Å². The zero-order valence-corrected chi connectivity index (χ0v) is 16.7. The summed E-state index contributed by atoms with van der Waals surface area (Å²) in [7, 11) is 0. The van der Waals surface area contributed by atoms with E-state index in [1.54, 1.807) is 0 Å². The molecular formula is C16H22N2O14-4. The number of carbonyl (C=O) groups is 8. The van der Waals surface area contributed by atoms with Crippen LogP contribution in [-0.4, -0.2) is 60.5 Å². The molecule has 0 aliphatic heterocycles. The minimum absolute atomic E-state index is 0.0370. The molecule has 32 heavy (non-hydrogen) atoms. The predicted octanol–water partition coefficient (Wildman–Crippen LogP) is -11.6.